The van der Waals surface area contributed by atoms with E-state index < -0.39 is 17.1 Å². The predicted molar refractivity (Wildman–Crippen MR) is 95.0 cm³/mol. The van der Waals surface area contributed by atoms with E-state index in [2.05, 4.69) is 13.8 Å². The van der Waals surface area contributed by atoms with E-state index in [0.717, 1.165) is 32.1 Å². The zero-order valence-electron chi connectivity index (χ0n) is 16.0. The Labute approximate surface area is 151 Å². The van der Waals surface area contributed by atoms with Crippen molar-refractivity contribution in [3.63, 3.8) is 0 Å². The third-order valence-corrected chi connectivity index (χ3v) is 8.46. The number of aliphatic hydroxyl groups excluding tert-OH is 4. The molecule has 1 saturated heterocycles. The average molecular weight is 357 g/mol. The van der Waals surface area contributed by atoms with Crippen LogP contribution in [0, 0.1) is 22.7 Å². The summed E-state index contributed by atoms with van der Waals surface area (Å²) in [7, 11) is 0. The van der Waals surface area contributed by atoms with Crippen molar-refractivity contribution < 1.29 is 25.2 Å². The van der Waals surface area contributed by atoms with E-state index >= 15 is 0 Å². The van der Waals surface area contributed by atoms with Crippen LogP contribution in [0.2, 0.25) is 0 Å². The number of rotatable bonds is 4. The quantitative estimate of drug-likeness (QED) is 0.617. The molecule has 2 aliphatic carbocycles. The standard InChI is InChI=1S/C20H36O5/c1-14-4-5-15-17(2,12-22)16(24)6-7-18(15,3)20(14)9-8-19(13-23,25-20)10-11-21/h14-16,21-24H,4-13H2,1-3H3/t14-,15+,16+,17-,18+,19-,20+/m1/s1. The Bertz CT molecular complexity index is 498. The summed E-state index contributed by atoms with van der Waals surface area (Å²) in [6.45, 7) is 6.47. The van der Waals surface area contributed by atoms with Crippen molar-refractivity contribution in [2.75, 3.05) is 19.8 Å². The van der Waals surface area contributed by atoms with Crippen LogP contribution in [-0.4, -0.2) is 57.6 Å². The highest BCUT2D eigenvalue weighted by Crippen LogP contribution is 2.67. The van der Waals surface area contributed by atoms with Crippen molar-refractivity contribution in [3.8, 4) is 0 Å². The molecule has 0 radical (unpaired) electrons. The predicted octanol–water partition coefficient (Wildman–Crippen LogP) is 1.85. The summed E-state index contributed by atoms with van der Waals surface area (Å²) in [5, 5.41) is 40.2. The summed E-state index contributed by atoms with van der Waals surface area (Å²) in [4.78, 5) is 0. The summed E-state index contributed by atoms with van der Waals surface area (Å²) >= 11 is 0. The van der Waals surface area contributed by atoms with E-state index in [1.807, 2.05) is 6.92 Å². The topological polar surface area (TPSA) is 90.2 Å². The first-order valence-electron chi connectivity index (χ1n) is 9.94. The highest BCUT2D eigenvalue weighted by atomic mass is 16.5. The lowest BCUT2D eigenvalue weighted by Crippen LogP contribution is -2.66. The van der Waals surface area contributed by atoms with Crippen LogP contribution in [0.3, 0.4) is 0 Å². The van der Waals surface area contributed by atoms with Gasteiger partial charge in [-0.1, -0.05) is 20.8 Å². The molecular formula is C20H36O5. The maximum absolute atomic E-state index is 10.6. The lowest BCUT2D eigenvalue weighted by Gasteiger charge is -2.65. The Morgan fingerprint density at radius 2 is 1.68 bits per heavy atom. The normalized spacial score (nSPS) is 53.2. The summed E-state index contributed by atoms with van der Waals surface area (Å²) in [5.41, 5.74) is -1.66. The van der Waals surface area contributed by atoms with E-state index in [9.17, 15) is 20.4 Å². The minimum absolute atomic E-state index is 0.0121. The van der Waals surface area contributed by atoms with Crippen LogP contribution in [0.5, 0.6) is 0 Å². The molecule has 7 atom stereocenters. The van der Waals surface area contributed by atoms with Gasteiger partial charge in [0.15, 0.2) is 0 Å². The molecule has 3 rings (SSSR count). The molecule has 0 unspecified atom stereocenters. The van der Waals surface area contributed by atoms with Gasteiger partial charge >= 0.3 is 0 Å². The second-order valence-electron chi connectivity index (χ2n) is 9.47. The van der Waals surface area contributed by atoms with Crippen LogP contribution in [0.4, 0.5) is 0 Å². The van der Waals surface area contributed by atoms with Gasteiger partial charge in [0, 0.05) is 23.9 Å². The highest BCUT2D eigenvalue weighted by molar-refractivity contribution is 5.17. The van der Waals surface area contributed by atoms with Crippen molar-refractivity contribution in [2.24, 2.45) is 22.7 Å². The first-order chi connectivity index (χ1) is 11.7. The minimum atomic E-state index is -0.653. The fourth-order valence-corrected chi connectivity index (χ4v) is 6.70. The first-order valence-corrected chi connectivity index (χ1v) is 9.94. The first kappa shape index (κ1) is 19.6. The van der Waals surface area contributed by atoms with Crippen LogP contribution < -0.4 is 0 Å². The molecule has 1 aliphatic heterocycles. The molecular weight excluding hydrogens is 320 g/mol. The van der Waals surface area contributed by atoms with Crippen molar-refractivity contribution in [2.45, 2.75) is 83.0 Å². The number of hydrogen-bond donors (Lipinski definition) is 4. The zero-order valence-corrected chi connectivity index (χ0v) is 16.0. The molecule has 4 N–H and O–H groups in total. The van der Waals surface area contributed by atoms with Crippen LogP contribution in [0.25, 0.3) is 0 Å². The molecule has 0 aromatic heterocycles. The second kappa shape index (κ2) is 6.45. The van der Waals surface area contributed by atoms with Crippen LogP contribution >= 0.6 is 0 Å². The molecule has 25 heavy (non-hydrogen) atoms. The molecule has 5 heteroatoms. The fourth-order valence-electron chi connectivity index (χ4n) is 6.70. The van der Waals surface area contributed by atoms with Gasteiger partial charge < -0.3 is 25.2 Å². The molecule has 0 aromatic rings. The molecule has 1 spiro atoms. The smallest absolute Gasteiger partial charge is 0.0942 e. The summed E-state index contributed by atoms with van der Waals surface area (Å²) in [5.74, 6) is 0.549. The Morgan fingerprint density at radius 1 is 0.960 bits per heavy atom. The molecule has 3 aliphatic rings. The molecule has 3 fully saturated rings. The van der Waals surface area contributed by atoms with Gasteiger partial charge in [0.05, 0.1) is 30.5 Å². The van der Waals surface area contributed by atoms with E-state index in [0.29, 0.717) is 18.8 Å². The van der Waals surface area contributed by atoms with Gasteiger partial charge in [0.1, 0.15) is 0 Å². The van der Waals surface area contributed by atoms with E-state index in [4.69, 9.17) is 4.74 Å². The Hall–Kier alpha value is -0.200. The SMILES string of the molecule is C[C@@H]1CC[C@H]2[C@@](C)(CO)[C@@H](O)CC[C@]2(C)[C@]12CC[C@](CO)(CCO)O2. The van der Waals surface area contributed by atoms with Crippen LogP contribution in [-0.2, 0) is 4.74 Å². The second-order valence-corrected chi connectivity index (χ2v) is 9.47. The third kappa shape index (κ3) is 2.53. The number of hydrogen-bond acceptors (Lipinski definition) is 5. The molecule has 1 heterocycles. The van der Waals surface area contributed by atoms with E-state index in [1.165, 1.54) is 0 Å². The van der Waals surface area contributed by atoms with Gasteiger partial charge in [-0.25, -0.2) is 0 Å². The minimum Gasteiger partial charge on any atom is -0.396 e. The molecule has 2 saturated carbocycles. The molecule has 5 nitrogen and oxygen atoms in total. The van der Waals surface area contributed by atoms with Crippen LogP contribution in [0.15, 0.2) is 0 Å². The lowest BCUT2D eigenvalue weighted by molar-refractivity contribution is -0.272. The highest BCUT2D eigenvalue weighted by Gasteiger charge is 2.68. The molecule has 0 amide bonds. The summed E-state index contributed by atoms with van der Waals surface area (Å²) < 4.78 is 6.75. The van der Waals surface area contributed by atoms with Crippen LogP contribution in [0.1, 0.15) is 65.7 Å². The van der Waals surface area contributed by atoms with E-state index in [1.54, 1.807) is 0 Å². The van der Waals surface area contributed by atoms with Crippen molar-refractivity contribution >= 4 is 0 Å². The monoisotopic (exact) mass is 356 g/mol. The van der Waals surface area contributed by atoms with Crippen molar-refractivity contribution in [1.29, 1.82) is 0 Å². The van der Waals surface area contributed by atoms with Gasteiger partial charge in [-0.2, -0.15) is 0 Å². The Balaban J connectivity index is 2.02. The average Bonchev–Trinajstić information content (AvgIpc) is 2.99. The molecule has 0 aromatic carbocycles. The summed E-state index contributed by atoms with van der Waals surface area (Å²) in [6.07, 6.45) is 5.15. The van der Waals surface area contributed by atoms with Gasteiger partial charge in [-0.05, 0) is 50.4 Å². The zero-order chi connectivity index (χ0) is 18.5. The largest absolute Gasteiger partial charge is 0.396 e. The van der Waals surface area contributed by atoms with Crippen molar-refractivity contribution in [1.82, 2.24) is 0 Å². The number of aliphatic hydroxyl groups is 4. The van der Waals surface area contributed by atoms with Crippen molar-refractivity contribution in [3.05, 3.63) is 0 Å². The Kier molecular flexibility index (Phi) is 5.05. The van der Waals surface area contributed by atoms with E-state index in [-0.39, 0.29) is 36.8 Å². The maximum Gasteiger partial charge on any atom is 0.0942 e. The lowest BCUT2D eigenvalue weighted by atomic mass is 9.43. The number of ether oxygens (including phenoxy) is 1. The Morgan fingerprint density at radius 3 is 2.28 bits per heavy atom. The van der Waals surface area contributed by atoms with Gasteiger partial charge in [-0.3, -0.25) is 0 Å². The van der Waals surface area contributed by atoms with Gasteiger partial charge in [0.2, 0.25) is 0 Å². The number of fused-ring (bicyclic) bond motifs is 2. The molecule has 0 bridgehead atoms. The van der Waals surface area contributed by atoms with Gasteiger partial charge in [0.25, 0.3) is 0 Å². The third-order valence-electron chi connectivity index (χ3n) is 8.46. The van der Waals surface area contributed by atoms with Gasteiger partial charge in [-0.15, -0.1) is 0 Å². The fraction of sp³-hybridized carbons (Fsp3) is 1.00. The summed E-state index contributed by atoms with van der Waals surface area (Å²) in [6, 6.07) is 0. The maximum atomic E-state index is 10.6. The molecule has 146 valence electrons.